The SMILES string of the molecule is COC(=O)CCCCCN1C(=O)/C(=C\c2c(OC)ccc3ccccc23)SC1=S. The first kappa shape index (κ1) is 21.3. The molecule has 0 saturated carbocycles. The van der Waals surface area contributed by atoms with Gasteiger partial charge in [-0.1, -0.05) is 60.7 Å². The Balaban J connectivity index is 1.73. The fourth-order valence-electron chi connectivity index (χ4n) is 3.24. The predicted octanol–water partition coefficient (Wildman–Crippen LogP) is 4.78. The number of thiocarbonyl (C=S) groups is 1. The molecular formula is C22H23NO4S2. The molecule has 3 rings (SSSR count). The molecule has 0 radical (unpaired) electrons. The molecule has 1 aliphatic heterocycles. The van der Waals surface area contributed by atoms with Gasteiger partial charge in [0, 0.05) is 18.5 Å². The molecule has 152 valence electrons. The lowest BCUT2D eigenvalue weighted by Crippen LogP contribution is -2.29. The summed E-state index contributed by atoms with van der Waals surface area (Å²) in [5, 5.41) is 2.11. The van der Waals surface area contributed by atoms with E-state index < -0.39 is 0 Å². The minimum Gasteiger partial charge on any atom is -0.496 e. The lowest BCUT2D eigenvalue weighted by Gasteiger charge is -2.14. The normalized spacial score (nSPS) is 15.4. The highest BCUT2D eigenvalue weighted by Crippen LogP contribution is 2.37. The van der Waals surface area contributed by atoms with Crippen LogP contribution in [0.4, 0.5) is 0 Å². The highest BCUT2D eigenvalue weighted by Gasteiger charge is 2.31. The topological polar surface area (TPSA) is 55.8 Å². The summed E-state index contributed by atoms with van der Waals surface area (Å²) in [4.78, 5) is 26.3. The molecule has 0 spiro atoms. The standard InChI is InChI=1S/C22H23NO4S2/c1-26-18-12-11-15-8-5-6-9-16(15)17(18)14-19-21(25)23(22(28)29-19)13-7-3-4-10-20(24)27-2/h5-6,8-9,11-12,14H,3-4,7,10,13H2,1-2H3/b19-14+. The number of rotatable bonds is 8. The van der Waals surface area contributed by atoms with Gasteiger partial charge in [0.15, 0.2) is 0 Å². The fourth-order valence-corrected chi connectivity index (χ4v) is 4.53. The Morgan fingerprint density at radius 2 is 1.93 bits per heavy atom. The molecule has 0 aliphatic carbocycles. The van der Waals surface area contributed by atoms with E-state index in [-0.39, 0.29) is 11.9 Å². The maximum absolute atomic E-state index is 12.9. The van der Waals surface area contributed by atoms with Crippen molar-refractivity contribution in [1.82, 2.24) is 4.90 Å². The zero-order chi connectivity index (χ0) is 20.8. The number of thioether (sulfide) groups is 1. The quantitative estimate of drug-likeness (QED) is 0.260. The molecule has 1 aliphatic rings. The molecule has 0 aromatic heterocycles. The molecule has 0 N–H and O–H groups in total. The van der Waals surface area contributed by atoms with Gasteiger partial charge in [-0.2, -0.15) is 0 Å². The minimum atomic E-state index is -0.206. The first-order valence-corrected chi connectivity index (χ1v) is 10.7. The Morgan fingerprint density at radius 3 is 2.69 bits per heavy atom. The highest BCUT2D eigenvalue weighted by atomic mass is 32.2. The number of unbranched alkanes of at least 4 members (excludes halogenated alkanes) is 2. The first-order chi connectivity index (χ1) is 14.0. The van der Waals surface area contributed by atoms with Crippen molar-refractivity contribution >= 4 is 57.0 Å². The Hall–Kier alpha value is -2.38. The molecule has 2 aromatic carbocycles. The van der Waals surface area contributed by atoms with E-state index in [0.29, 0.717) is 22.2 Å². The summed E-state index contributed by atoms with van der Waals surface area (Å²) >= 11 is 6.74. The van der Waals surface area contributed by atoms with Crippen LogP contribution in [0.1, 0.15) is 31.2 Å². The zero-order valence-corrected chi connectivity index (χ0v) is 18.1. The summed E-state index contributed by atoms with van der Waals surface area (Å²) in [5.41, 5.74) is 0.879. The number of esters is 1. The van der Waals surface area contributed by atoms with Crippen molar-refractivity contribution in [1.29, 1.82) is 0 Å². The van der Waals surface area contributed by atoms with Crippen molar-refractivity contribution in [2.24, 2.45) is 0 Å². The summed E-state index contributed by atoms with van der Waals surface area (Å²) in [6.45, 7) is 0.551. The fraction of sp³-hybridized carbons (Fsp3) is 0.318. The number of methoxy groups -OCH3 is 2. The third kappa shape index (κ3) is 4.97. The molecule has 0 atom stereocenters. The second-order valence-corrected chi connectivity index (χ2v) is 8.30. The number of hydrogen-bond donors (Lipinski definition) is 0. The lowest BCUT2D eigenvalue weighted by atomic mass is 10.0. The van der Waals surface area contributed by atoms with E-state index in [4.69, 9.17) is 17.0 Å². The van der Waals surface area contributed by atoms with Gasteiger partial charge in [0.2, 0.25) is 0 Å². The van der Waals surface area contributed by atoms with Gasteiger partial charge >= 0.3 is 5.97 Å². The van der Waals surface area contributed by atoms with Gasteiger partial charge in [-0.25, -0.2) is 0 Å². The van der Waals surface area contributed by atoms with Crippen LogP contribution >= 0.6 is 24.0 Å². The van der Waals surface area contributed by atoms with Crippen LogP contribution in [0.3, 0.4) is 0 Å². The van der Waals surface area contributed by atoms with Crippen molar-refractivity contribution in [2.45, 2.75) is 25.7 Å². The largest absolute Gasteiger partial charge is 0.496 e. The molecular weight excluding hydrogens is 406 g/mol. The van der Waals surface area contributed by atoms with E-state index in [1.807, 2.05) is 42.5 Å². The number of carbonyl (C=O) groups excluding carboxylic acids is 2. The lowest BCUT2D eigenvalue weighted by molar-refractivity contribution is -0.140. The van der Waals surface area contributed by atoms with Crippen molar-refractivity contribution in [2.75, 3.05) is 20.8 Å². The van der Waals surface area contributed by atoms with Crippen LogP contribution in [0, 0.1) is 0 Å². The van der Waals surface area contributed by atoms with E-state index >= 15 is 0 Å². The monoisotopic (exact) mass is 429 g/mol. The number of nitrogens with zero attached hydrogens (tertiary/aromatic N) is 1. The highest BCUT2D eigenvalue weighted by molar-refractivity contribution is 8.26. The third-order valence-corrected chi connectivity index (χ3v) is 6.17. The minimum absolute atomic E-state index is 0.0806. The van der Waals surface area contributed by atoms with Crippen molar-refractivity contribution in [3.05, 3.63) is 46.9 Å². The summed E-state index contributed by atoms with van der Waals surface area (Å²) in [6.07, 6.45) is 4.63. The van der Waals surface area contributed by atoms with Crippen LogP contribution < -0.4 is 4.74 Å². The number of hydrogen-bond acceptors (Lipinski definition) is 6. The van der Waals surface area contributed by atoms with Crippen LogP contribution in [-0.4, -0.2) is 41.9 Å². The smallest absolute Gasteiger partial charge is 0.305 e. The Bertz CT molecular complexity index is 970. The first-order valence-electron chi connectivity index (χ1n) is 9.43. The van der Waals surface area contributed by atoms with Crippen LogP contribution in [0.2, 0.25) is 0 Å². The summed E-state index contributed by atoms with van der Waals surface area (Å²) in [7, 11) is 3.01. The second kappa shape index (κ2) is 9.89. The van der Waals surface area contributed by atoms with E-state index in [0.717, 1.165) is 41.3 Å². The molecule has 1 fully saturated rings. The molecule has 0 bridgehead atoms. The molecule has 1 saturated heterocycles. The summed E-state index contributed by atoms with van der Waals surface area (Å²) in [6, 6.07) is 11.9. The van der Waals surface area contributed by atoms with Crippen molar-refractivity contribution in [3.63, 3.8) is 0 Å². The summed E-state index contributed by atoms with van der Waals surface area (Å²) < 4.78 is 10.7. The van der Waals surface area contributed by atoms with E-state index in [1.54, 1.807) is 12.0 Å². The van der Waals surface area contributed by atoms with Crippen LogP contribution in [0.5, 0.6) is 5.75 Å². The number of ether oxygens (including phenoxy) is 2. The number of benzene rings is 2. The van der Waals surface area contributed by atoms with Gasteiger partial charge in [-0.3, -0.25) is 14.5 Å². The van der Waals surface area contributed by atoms with Gasteiger partial charge in [-0.05, 0) is 35.8 Å². The van der Waals surface area contributed by atoms with Crippen LogP contribution in [0.15, 0.2) is 41.3 Å². The molecule has 1 amide bonds. The average molecular weight is 430 g/mol. The van der Waals surface area contributed by atoms with Gasteiger partial charge in [0.25, 0.3) is 5.91 Å². The second-order valence-electron chi connectivity index (χ2n) is 6.62. The van der Waals surface area contributed by atoms with Gasteiger partial charge in [0.1, 0.15) is 10.1 Å². The van der Waals surface area contributed by atoms with Gasteiger partial charge in [0.05, 0.1) is 19.1 Å². The Morgan fingerprint density at radius 1 is 1.14 bits per heavy atom. The van der Waals surface area contributed by atoms with Crippen LogP contribution in [-0.2, 0) is 14.3 Å². The van der Waals surface area contributed by atoms with Crippen molar-refractivity contribution < 1.29 is 19.1 Å². The van der Waals surface area contributed by atoms with E-state index in [2.05, 4.69) is 4.74 Å². The predicted molar refractivity (Wildman–Crippen MR) is 121 cm³/mol. The number of carbonyl (C=O) groups is 2. The van der Waals surface area contributed by atoms with E-state index in [9.17, 15) is 9.59 Å². The maximum Gasteiger partial charge on any atom is 0.305 e. The molecule has 1 heterocycles. The van der Waals surface area contributed by atoms with Gasteiger partial charge < -0.3 is 9.47 Å². The zero-order valence-electron chi connectivity index (χ0n) is 16.5. The number of fused-ring (bicyclic) bond motifs is 1. The van der Waals surface area contributed by atoms with E-state index in [1.165, 1.54) is 18.9 Å². The maximum atomic E-state index is 12.9. The van der Waals surface area contributed by atoms with Crippen LogP contribution in [0.25, 0.3) is 16.8 Å². The molecule has 2 aromatic rings. The summed E-state index contributed by atoms with van der Waals surface area (Å²) in [5.74, 6) is 0.433. The Kier molecular flexibility index (Phi) is 7.28. The van der Waals surface area contributed by atoms with Gasteiger partial charge in [-0.15, -0.1) is 0 Å². The molecule has 29 heavy (non-hydrogen) atoms. The number of amides is 1. The average Bonchev–Trinajstić information content (AvgIpc) is 3.00. The molecule has 7 heteroatoms. The third-order valence-electron chi connectivity index (χ3n) is 4.79. The molecule has 0 unspecified atom stereocenters. The molecule has 5 nitrogen and oxygen atoms in total. The Labute approximate surface area is 180 Å². The van der Waals surface area contributed by atoms with Crippen molar-refractivity contribution in [3.8, 4) is 5.75 Å².